The van der Waals surface area contributed by atoms with Crippen LogP contribution in [0.1, 0.15) is 30.7 Å². The van der Waals surface area contributed by atoms with Crippen LogP contribution in [0.15, 0.2) is 41.8 Å². The molecule has 1 aromatic carbocycles. The SMILES string of the molecule is COc1ccc(NC(=S)N[C@H](C)[C@@H](c2cccs2)[NH+]2CCCC2)cc1. The summed E-state index contributed by atoms with van der Waals surface area (Å²) in [5.41, 5.74) is 0.965. The Kier molecular flexibility index (Phi) is 6.29. The summed E-state index contributed by atoms with van der Waals surface area (Å²) in [6.45, 7) is 4.72. The van der Waals surface area contributed by atoms with Crippen molar-refractivity contribution in [1.82, 2.24) is 5.32 Å². The number of quaternary nitrogens is 1. The van der Waals surface area contributed by atoms with E-state index in [1.807, 2.05) is 35.6 Å². The highest BCUT2D eigenvalue weighted by Crippen LogP contribution is 2.21. The van der Waals surface area contributed by atoms with E-state index >= 15 is 0 Å². The standard InChI is InChI=1S/C19H25N3OS2/c1-14(18(17-6-5-13-25-17)22-11-3-4-12-22)20-19(24)21-15-7-9-16(23-2)10-8-15/h5-10,13-14,18H,3-4,11-12H2,1-2H3,(H2,20,21,24)/p+1/t14-,18+/m1/s1. The smallest absolute Gasteiger partial charge is 0.171 e. The molecule has 6 heteroatoms. The number of ether oxygens (including phenoxy) is 1. The molecule has 0 spiro atoms. The molecule has 1 fully saturated rings. The monoisotopic (exact) mass is 376 g/mol. The molecular weight excluding hydrogens is 350 g/mol. The minimum Gasteiger partial charge on any atom is -0.497 e. The number of likely N-dealkylation sites (tertiary alicyclic amines) is 1. The van der Waals surface area contributed by atoms with Gasteiger partial charge in [-0.2, -0.15) is 0 Å². The quantitative estimate of drug-likeness (QED) is 0.678. The summed E-state index contributed by atoms with van der Waals surface area (Å²) in [5, 5.41) is 9.60. The minimum atomic E-state index is 0.269. The van der Waals surface area contributed by atoms with E-state index in [0.29, 0.717) is 11.2 Å². The highest BCUT2D eigenvalue weighted by Gasteiger charge is 2.33. The lowest BCUT2D eigenvalue weighted by atomic mass is 10.1. The fourth-order valence-electron chi connectivity index (χ4n) is 3.54. The van der Waals surface area contributed by atoms with Gasteiger partial charge in [-0.05, 0) is 54.9 Å². The van der Waals surface area contributed by atoms with E-state index in [2.05, 4.69) is 35.1 Å². The Bertz CT molecular complexity index is 666. The Labute approximate surface area is 159 Å². The molecule has 0 radical (unpaired) electrons. The van der Waals surface area contributed by atoms with Crippen LogP contribution in [0.5, 0.6) is 5.75 Å². The molecular formula is C19H26N3OS2+. The van der Waals surface area contributed by atoms with Crippen molar-refractivity contribution in [2.45, 2.75) is 31.8 Å². The van der Waals surface area contributed by atoms with E-state index in [4.69, 9.17) is 17.0 Å². The minimum absolute atomic E-state index is 0.269. The Hall–Kier alpha value is -1.63. The van der Waals surface area contributed by atoms with Crippen LogP contribution in [-0.2, 0) is 0 Å². The van der Waals surface area contributed by atoms with Gasteiger partial charge in [0.1, 0.15) is 11.8 Å². The molecule has 0 unspecified atom stereocenters. The number of thiocarbonyl (C=S) groups is 1. The molecule has 2 aromatic rings. The van der Waals surface area contributed by atoms with E-state index in [1.165, 1.54) is 30.8 Å². The first-order valence-electron chi connectivity index (χ1n) is 8.77. The van der Waals surface area contributed by atoms with Crippen molar-refractivity contribution >= 4 is 34.4 Å². The predicted octanol–water partition coefficient (Wildman–Crippen LogP) is 2.85. The predicted molar refractivity (Wildman–Crippen MR) is 109 cm³/mol. The largest absolute Gasteiger partial charge is 0.497 e. The van der Waals surface area contributed by atoms with Crippen LogP contribution in [0, 0.1) is 0 Å². The molecule has 1 aliphatic heterocycles. The van der Waals surface area contributed by atoms with Crippen LogP contribution < -0.4 is 20.3 Å². The maximum absolute atomic E-state index is 5.54. The average Bonchev–Trinajstić information content (AvgIpc) is 3.30. The molecule has 3 N–H and O–H groups in total. The second kappa shape index (κ2) is 8.65. The Morgan fingerprint density at radius 2 is 1.92 bits per heavy atom. The third kappa shape index (κ3) is 4.71. The third-order valence-electron chi connectivity index (χ3n) is 4.74. The summed E-state index contributed by atoms with van der Waals surface area (Å²) in [5.74, 6) is 0.841. The van der Waals surface area contributed by atoms with Crippen molar-refractivity contribution in [2.24, 2.45) is 0 Å². The van der Waals surface area contributed by atoms with Crippen LogP contribution >= 0.6 is 23.6 Å². The maximum Gasteiger partial charge on any atom is 0.171 e. The molecule has 3 rings (SSSR count). The summed E-state index contributed by atoms with van der Waals surface area (Å²) in [6, 6.07) is 12.9. The van der Waals surface area contributed by atoms with Gasteiger partial charge in [0.2, 0.25) is 0 Å². The molecule has 0 amide bonds. The van der Waals surface area contributed by atoms with Gasteiger partial charge >= 0.3 is 0 Å². The Balaban J connectivity index is 1.63. The van der Waals surface area contributed by atoms with Crippen molar-refractivity contribution in [3.8, 4) is 5.75 Å². The van der Waals surface area contributed by atoms with Crippen LogP contribution in [-0.4, -0.2) is 31.4 Å². The zero-order chi connectivity index (χ0) is 17.6. The number of hydrogen-bond donors (Lipinski definition) is 3. The van der Waals surface area contributed by atoms with Gasteiger partial charge in [-0.1, -0.05) is 6.07 Å². The van der Waals surface area contributed by atoms with E-state index in [-0.39, 0.29) is 6.04 Å². The Morgan fingerprint density at radius 3 is 2.52 bits per heavy atom. The fourth-order valence-corrected chi connectivity index (χ4v) is 4.83. The number of nitrogens with one attached hydrogen (secondary N) is 3. The zero-order valence-electron chi connectivity index (χ0n) is 14.7. The summed E-state index contributed by atoms with van der Waals surface area (Å²) in [7, 11) is 1.67. The highest BCUT2D eigenvalue weighted by atomic mass is 32.1. The molecule has 4 nitrogen and oxygen atoms in total. The van der Waals surface area contributed by atoms with Gasteiger partial charge in [-0.3, -0.25) is 0 Å². The van der Waals surface area contributed by atoms with E-state index in [9.17, 15) is 0 Å². The van der Waals surface area contributed by atoms with E-state index in [1.54, 1.807) is 12.0 Å². The summed E-state index contributed by atoms with van der Waals surface area (Å²) < 4.78 is 5.19. The van der Waals surface area contributed by atoms with Crippen molar-refractivity contribution in [3.63, 3.8) is 0 Å². The van der Waals surface area contributed by atoms with Gasteiger partial charge in [0, 0.05) is 18.5 Å². The molecule has 2 atom stereocenters. The number of benzene rings is 1. The van der Waals surface area contributed by atoms with E-state index in [0.717, 1.165) is 11.4 Å². The van der Waals surface area contributed by atoms with Gasteiger partial charge < -0.3 is 20.3 Å². The normalized spacial score (nSPS) is 17.0. The maximum atomic E-state index is 5.54. The lowest BCUT2D eigenvalue weighted by molar-refractivity contribution is -0.920. The molecule has 0 bridgehead atoms. The van der Waals surface area contributed by atoms with Crippen molar-refractivity contribution < 1.29 is 9.64 Å². The number of rotatable bonds is 6. The van der Waals surface area contributed by atoms with Crippen LogP contribution in [0.2, 0.25) is 0 Å². The zero-order valence-corrected chi connectivity index (χ0v) is 16.4. The number of hydrogen-bond acceptors (Lipinski definition) is 3. The average molecular weight is 377 g/mol. The van der Waals surface area contributed by atoms with Crippen LogP contribution in [0.4, 0.5) is 5.69 Å². The van der Waals surface area contributed by atoms with Gasteiger partial charge in [-0.15, -0.1) is 11.3 Å². The summed E-state index contributed by atoms with van der Waals surface area (Å²) in [4.78, 5) is 3.10. The molecule has 0 aliphatic carbocycles. The van der Waals surface area contributed by atoms with Crippen molar-refractivity contribution in [3.05, 3.63) is 46.7 Å². The molecule has 2 heterocycles. The first-order chi connectivity index (χ1) is 12.2. The first-order valence-corrected chi connectivity index (χ1v) is 10.1. The number of methoxy groups -OCH3 is 1. The second-order valence-electron chi connectivity index (χ2n) is 6.47. The molecule has 25 heavy (non-hydrogen) atoms. The molecule has 1 aliphatic rings. The van der Waals surface area contributed by atoms with Crippen LogP contribution in [0.3, 0.4) is 0 Å². The second-order valence-corrected chi connectivity index (χ2v) is 7.86. The molecule has 134 valence electrons. The molecule has 0 saturated carbocycles. The fraction of sp³-hybridized carbons (Fsp3) is 0.421. The summed E-state index contributed by atoms with van der Waals surface area (Å²) in [6.07, 6.45) is 2.64. The third-order valence-corrected chi connectivity index (χ3v) is 5.92. The molecule has 1 saturated heterocycles. The summed E-state index contributed by atoms with van der Waals surface area (Å²) >= 11 is 7.38. The van der Waals surface area contributed by atoms with Crippen molar-refractivity contribution in [2.75, 3.05) is 25.5 Å². The lowest BCUT2D eigenvalue weighted by Gasteiger charge is -2.30. The van der Waals surface area contributed by atoms with Gasteiger partial charge in [0.05, 0.1) is 31.1 Å². The topological polar surface area (TPSA) is 37.7 Å². The van der Waals surface area contributed by atoms with Gasteiger partial charge in [0.25, 0.3) is 0 Å². The lowest BCUT2D eigenvalue weighted by Crippen LogP contribution is -3.11. The van der Waals surface area contributed by atoms with Gasteiger partial charge in [0.15, 0.2) is 5.11 Å². The Morgan fingerprint density at radius 1 is 1.20 bits per heavy atom. The van der Waals surface area contributed by atoms with E-state index < -0.39 is 0 Å². The molecule has 1 aromatic heterocycles. The number of thiophene rings is 1. The number of anilines is 1. The first kappa shape index (κ1) is 18.2. The van der Waals surface area contributed by atoms with Gasteiger partial charge in [-0.25, -0.2) is 0 Å². The highest BCUT2D eigenvalue weighted by molar-refractivity contribution is 7.80. The van der Waals surface area contributed by atoms with Crippen LogP contribution in [0.25, 0.3) is 0 Å². The van der Waals surface area contributed by atoms with Crippen molar-refractivity contribution in [1.29, 1.82) is 0 Å².